The molecule has 0 N–H and O–H groups in total. The fraction of sp³-hybridized carbons (Fsp3) is 0.636. The number of hydrogen-bond acceptors (Lipinski definition) is 3. The number of nitriles is 1. The molecule has 1 heterocycles. The van der Waals surface area contributed by atoms with Gasteiger partial charge < -0.3 is 4.85 Å². The molecule has 1 rings (SSSR count). The molecule has 0 aliphatic carbocycles. The number of amidine groups is 2. The topological polar surface area (TPSA) is 56.0 Å². The maximum Gasteiger partial charge on any atom is 0.492 e. The molecule has 1 aliphatic heterocycles. The molecule has 0 bridgehead atoms. The Kier molecular flexibility index (Phi) is 4.96. The second-order valence-corrected chi connectivity index (χ2v) is 3.95. The van der Waals surface area contributed by atoms with Crippen LogP contribution in [0.5, 0.6) is 0 Å². The van der Waals surface area contributed by atoms with Crippen LogP contribution in [-0.2, 0) is 4.84 Å². The minimum Gasteiger partial charge on any atom is -0.348 e. The summed E-state index contributed by atoms with van der Waals surface area (Å²) in [6.07, 6.45) is 3.47. The van der Waals surface area contributed by atoms with Crippen LogP contribution >= 0.6 is 0 Å². The van der Waals surface area contributed by atoms with Gasteiger partial charge in [-0.3, -0.25) is 0 Å². The van der Waals surface area contributed by atoms with Gasteiger partial charge in [0, 0.05) is 0 Å². The van der Waals surface area contributed by atoms with Gasteiger partial charge in [-0.1, -0.05) is 6.57 Å². The van der Waals surface area contributed by atoms with Crippen molar-refractivity contribution in [3.05, 3.63) is 11.4 Å². The number of likely N-dealkylation sites (tertiary alicyclic amines) is 1. The lowest BCUT2D eigenvalue weighted by Gasteiger charge is -2.20. The van der Waals surface area contributed by atoms with E-state index in [1.54, 1.807) is 10.6 Å². The van der Waals surface area contributed by atoms with E-state index in [0.717, 1.165) is 25.9 Å². The van der Waals surface area contributed by atoms with Crippen molar-refractivity contribution < 1.29 is 9.41 Å². The summed E-state index contributed by atoms with van der Waals surface area (Å²) in [6.45, 7) is 8.55. The van der Waals surface area contributed by atoms with Crippen LogP contribution in [0.2, 0.25) is 0 Å². The highest BCUT2D eigenvalue weighted by atomic mass is 16.7. The summed E-state index contributed by atoms with van der Waals surface area (Å²) in [5.74, 6) is -0.290. The molecule has 0 aromatic rings. The summed E-state index contributed by atoms with van der Waals surface area (Å²) in [7, 11) is 3.70. The summed E-state index contributed by atoms with van der Waals surface area (Å²) in [6, 6.07) is 2.25. The minimum absolute atomic E-state index is 0.290. The average Bonchev–Trinajstić information content (AvgIpc) is 2.35. The molecule has 0 radical (unpaired) electrons. The van der Waals surface area contributed by atoms with Gasteiger partial charge in [0.2, 0.25) is 0 Å². The van der Waals surface area contributed by atoms with Crippen LogP contribution < -0.4 is 0 Å². The molecule has 1 fully saturated rings. The highest BCUT2D eigenvalue weighted by Gasteiger charge is 2.27. The molecule has 90 valence electrons. The Bertz CT molecular complexity index is 387. The van der Waals surface area contributed by atoms with Gasteiger partial charge >= 0.3 is 11.9 Å². The number of hydrogen-bond donors (Lipinski definition) is 0. The Morgan fingerprint density at radius 1 is 1.41 bits per heavy atom. The molecule has 0 saturated carbocycles. The average molecular weight is 234 g/mol. The molecule has 17 heavy (non-hydrogen) atoms. The standard InChI is InChI=1S/C11H16N5O/c1-13-10(9-12)14-17-11(15(2)3)16-7-5-4-6-8-16/h4-8H2,2-3H3/q+1/b14-10+. The molecule has 6 nitrogen and oxygen atoms in total. The summed E-state index contributed by atoms with van der Waals surface area (Å²) in [5.41, 5.74) is 0. The second-order valence-electron chi connectivity index (χ2n) is 3.95. The van der Waals surface area contributed by atoms with Crippen LogP contribution in [0.15, 0.2) is 5.16 Å². The lowest BCUT2D eigenvalue weighted by molar-refractivity contribution is -0.481. The fourth-order valence-corrected chi connectivity index (χ4v) is 1.66. The van der Waals surface area contributed by atoms with Gasteiger partial charge in [0.25, 0.3) is 0 Å². The first kappa shape index (κ1) is 13.0. The van der Waals surface area contributed by atoms with E-state index in [0.29, 0.717) is 6.02 Å². The Labute approximate surface area is 101 Å². The monoisotopic (exact) mass is 234 g/mol. The maximum atomic E-state index is 8.58. The molecule has 1 aliphatic rings. The smallest absolute Gasteiger partial charge is 0.348 e. The zero-order valence-corrected chi connectivity index (χ0v) is 10.2. The second kappa shape index (κ2) is 6.49. The maximum absolute atomic E-state index is 8.58. The van der Waals surface area contributed by atoms with Crippen LogP contribution in [0.25, 0.3) is 4.85 Å². The van der Waals surface area contributed by atoms with E-state index in [1.165, 1.54) is 6.42 Å². The van der Waals surface area contributed by atoms with E-state index >= 15 is 0 Å². The van der Waals surface area contributed by atoms with E-state index < -0.39 is 0 Å². The van der Waals surface area contributed by atoms with E-state index in [1.807, 2.05) is 14.1 Å². The van der Waals surface area contributed by atoms with Crippen LogP contribution in [0.3, 0.4) is 0 Å². The SMILES string of the molecule is [C-]#[N+]/C(C#N)=N/OC(N1CCCCC1)=[N+](C)C. The van der Waals surface area contributed by atoms with Crippen molar-refractivity contribution in [2.75, 3.05) is 27.2 Å². The first-order valence-corrected chi connectivity index (χ1v) is 5.51. The Morgan fingerprint density at radius 3 is 2.53 bits per heavy atom. The van der Waals surface area contributed by atoms with Crippen molar-refractivity contribution in [2.45, 2.75) is 19.3 Å². The third kappa shape index (κ3) is 3.76. The van der Waals surface area contributed by atoms with Crippen LogP contribution in [0.1, 0.15) is 19.3 Å². The van der Waals surface area contributed by atoms with Gasteiger partial charge in [0.15, 0.2) is 0 Å². The Hall–Kier alpha value is -2.08. The van der Waals surface area contributed by atoms with Crippen molar-refractivity contribution in [1.29, 1.82) is 5.26 Å². The zero-order valence-electron chi connectivity index (χ0n) is 10.2. The molecule has 0 aromatic carbocycles. The summed E-state index contributed by atoms with van der Waals surface area (Å²) in [5, 5.41) is 12.1. The first-order chi connectivity index (χ1) is 8.19. The lowest BCUT2D eigenvalue weighted by Crippen LogP contribution is -2.40. The van der Waals surface area contributed by atoms with Gasteiger partial charge in [0.1, 0.15) is 6.07 Å². The highest BCUT2D eigenvalue weighted by molar-refractivity contribution is 6.03. The zero-order chi connectivity index (χ0) is 12.7. The van der Waals surface area contributed by atoms with Gasteiger partial charge in [-0.2, -0.15) is 4.84 Å². The van der Waals surface area contributed by atoms with E-state index in [-0.39, 0.29) is 5.84 Å². The van der Waals surface area contributed by atoms with Gasteiger partial charge in [-0.25, -0.2) is 14.7 Å². The van der Waals surface area contributed by atoms with Gasteiger partial charge in [-0.05, 0) is 19.3 Å². The molecular weight excluding hydrogens is 218 g/mol. The quantitative estimate of drug-likeness (QED) is 0.222. The van der Waals surface area contributed by atoms with Crippen LogP contribution in [0.4, 0.5) is 0 Å². The summed E-state index contributed by atoms with van der Waals surface area (Å²) < 4.78 is 1.80. The summed E-state index contributed by atoms with van der Waals surface area (Å²) in [4.78, 5) is 10.2. The Balaban J connectivity index is 2.76. The summed E-state index contributed by atoms with van der Waals surface area (Å²) >= 11 is 0. The third-order valence-electron chi connectivity index (χ3n) is 2.43. The van der Waals surface area contributed by atoms with E-state index in [9.17, 15) is 0 Å². The van der Waals surface area contributed by atoms with Crippen molar-refractivity contribution in [1.82, 2.24) is 4.90 Å². The molecule has 1 saturated heterocycles. The Morgan fingerprint density at radius 2 is 2.06 bits per heavy atom. The fourth-order valence-electron chi connectivity index (χ4n) is 1.66. The molecule has 0 spiro atoms. The molecule has 0 aromatic heterocycles. The largest absolute Gasteiger partial charge is 0.492 e. The molecule has 0 unspecified atom stereocenters. The van der Waals surface area contributed by atoms with Crippen LogP contribution in [0, 0.1) is 17.9 Å². The van der Waals surface area contributed by atoms with Crippen molar-refractivity contribution in [2.24, 2.45) is 5.16 Å². The van der Waals surface area contributed by atoms with Crippen LogP contribution in [-0.4, -0.2) is 48.5 Å². The van der Waals surface area contributed by atoms with Crippen molar-refractivity contribution in [3.63, 3.8) is 0 Å². The molecule has 0 amide bonds. The highest BCUT2D eigenvalue weighted by Crippen LogP contribution is 2.09. The van der Waals surface area contributed by atoms with E-state index in [4.69, 9.17) is 16.7 Å². The molecule has 0 atom stereocenters. The number of piperidine rings is 1. The minimum atomic E-state index is -0.290. The number of rotatable bonds is 1. The van der Waals surface area contributed by atoms with Gasteiger partial charge in [0.05, 0.1) is 32.3 Å². The first-order valence-electron chi connectivity index (χ1n) is 5.51. The molecule has 6 heteroatoms. The lowest BCUT2D eigenvalue weighted by atomic mass is 10.1. The van der Waals surface area contributed by atoms with Crippen molar-refractivity contribution in [3.8, 4) is 6.07 Å². The number of nitrogens with zero attached hydrogens (tertiary/aromatic N) is 5. The normalized spacial score (nSPS) is 15.8. The number of oxime groups is 1. The predicted octanol–water partition coefficient (Wildman–Crippen LogP) is 0.873. The van der Waals surface area contributed by atoms with Crippen molar-refractivity contribution >= 4 is 11.9 Å². The van der Waals surface area contributed by atoms with Gasteiger partial charge in [-0.15, -0.1) is 0 Å². The molecular formula is C11H16N5O+. The third-order valence-corrected chi connectivity index (χ3v) is 2.43. The predicted molar refractivity (Wildman–Crippen MR) is 63.3 cm³/mol. The van der Waals surface area contributed by atoms with E-state index in [2.05, 4.69) is 14.9 Å².